The third-order valence-electron chi connectivity index (χ3n) is 4.42. The standard InChI is InChI=1S/C17H24N4/c18-12-15-4-1-2-5-17(15)20-16-8-6-14(7-9-16)13-21-11-3-10-19-21/h3,6-11,15,17,20H,1-2,4-5,12-13,18H2. The molecule has 21 heavy (non-hydrogen) atoms. The molecule has 3 rings (SSSR count). The summed E-state index contributed by atoms with van der Waals surface area (Å²) in [5.41, 5.74) is 8.36. The molecule has 1 aromatic heterocycles. The fourth-order valence-corrected chi connectivity index (χ4v) is 3.18. The van der Waals surface area contributed by atoms with Crippen molar-refractivity contribution in [3.8, 4) is 0 Å². The Morgan fingerprint density at radius 1 is 1.19 bits per heavy atom. The van der Waals surface area contributed by atoms with Crippen LogP contribution in [0.3, 0.4) is 0 Å². The number of nitrogens with two attached hydrogens (primary N) is 1. The molecule has 0 amide bonds. The molecule has 1 heterocycles. The molecule has 2 unspecified atom stereocenters. The summed E-state index contributed by atoms with van der Waals surface area (Å²) < 4.78 is 1.94. The highest BCUT2D eigenvalue weighted by molar-refractivity contribution is 5.45. The first-order chi connectivity index (χ1) is 10.3. The van der Waals surface area contributed by atoms with Crippen LogP contribution in [0, 0.1) is 5.92 Å². The molecule has 1 fully saturated rings. The molecule has 0 aliphatic heterocycles. The molecular weight excluding hydrogens is 260 g/mol. The molecule has 4 heteroatoms. The Labute approximate surface area is 126 Å². The van der Waals surface area contributed by atoms with Gasteiger partial charge in [0.15, 0.2) is 0 Å². The lowest BCUT2D eigenvalue weighted by molar-refractivity contribution is 0.332. The van der Waals surface area contributed by atoms with E-state index < -0.39 is 0 Å². The van der Waals surface area contributed by atoms with Gasteiger partial charge in [0.1, 0.15) is 0 Å². The third kappa shape index (κ3) is 3.64. The summed E-state index contributed by atoms with van der Waals surface area (Å²) in [4.78, 5) is 0. The van der Waals surface area contributed by atoms with Crippen LogP contribution < -0.4 is 11.1 Å². The Kier molecular flexibility index (Phi) is 4.55. The highest BCUT2D eigenvalue weighted by atomic mass is 15.3. The van der Waals surface area contributed by atoms with Crippen molar-refractivity contribution < 1.29 is 0 Å². The normalized spacial score (nSPS) is 22.1. The van der Waals surface area contributed by atoms with Gasteiger partial charge in [-0.2, -0.15) is 5.10 Å². The minimum atomic E-state index is 0.528. The number of rotatable bonds is 5. The number of nitrogens with one attached hydrogen (secondary N) is 1. The van der Waals surface area contributed by atoms with Crippen LogP contribution in [0.2, 0.25) is 0 Å². The SMILES string of the molecule is NCC1CCCCC1Nc1ccc(Cn2cccn2)cc1. The molecule has 1 aliphatic rings. The van der Waals surface area contributed by atoms with Crippen LogP contribution in [-0.2, 0) is 6.54 Å². The molecule has 1 saturated carbocycles. The Balaban J connectivity index is 1.61. The van der Waals surface area contributed by atoms with Gasteiger partial charge in [0, 0.05) is 24.1 Å². The van der Waals surface area contributed by atoms with E-state index >= 15 is 0 Å². The zero-order valence-electron chi connectivity index (χ0n) is 12.4. The van der Waals surface area contributed by atoms with E-state index in [1.165, 1.54) is 36.9 Å². The van der Waals surface area contributed by atoms with Gasteiger partial charge >= 0.3 is 0 Å². The monoisotopic (exact) mass is 284 g/mol. The van der Waals surface area contributed by atoms with E-state index in [1.807, 2.05) is 23.1 Å². The quantitative estimate of drug-likeness (QED) is 0.887. The molecule has 0 radical (unpaired) electrons. The summed E-state index contributed by atoms with van der Waals surface area (Å²) in [6.07, 6.45) is 8.92. The summed E-state index contributed by atoms with van der Waals surface area (Å²) >= 11 is 0. The van der Waals surface area contributed by atoms with Crippen molar-refractivity contribution in [2.45, 2.75) is 38.3 Å². The predicted octanol–water partition coefficient (Wildman–Crippen LogP) is 2.86. The first-order valence-electron chi connectivity index (χ1n) is 7.88. The molecular formula is C17H24N4. The minimum absolute atomic E-state index is 0.528. The third-order valence-corrected chi connectivity index (χ3v) is 4.42. The fraction of sp³-hybridized carbons (Fsp3) is 0.471. The predicted molar refractivity (Wildman–Crippen MR) is 86.2 cm³/mol. The van der Waals surface area contributed by atoms with E-state index in [1.54, 1.807) is 0 Å². The Morgan fingerprint density at radius 3 is 2.71 bits per heavy atom. The summed E-state index contributed by atoms with van der Waals surface area (Å²) in [7, 11) is 0. The maximum absolute atomic E-state index is 5.90. The summed E-state index contributed by atoms with van der Waals surface area (Å²) in [5, 5.41) is 7.90. The molecule has 112 valence electrons. The van der Waals surface area contributed by atoms with Crippen LogP contribution in [0.5, 0.6) is 0 Å². The highest BCUT2D eigenvalue weighted by Gasteiger charge is 2.23. The summed E-state index contributed by atoms with van der Waals surface area (Å²) in [6.45, 7) is 1.61. The van der Waals surface area contributed by atoms with E-state index in [4.69, 9.17) is 5.73 Å². The van der Waals surface area contributed by atoms with Crippen LogP contribution in [-0.4, -0.2) is 22.4 Å². The summed E-state index contributed by atoms with van der Waals surface area (Å²) in [6, 6.07) is 11.2. The van der Waals surface area contributed by atoms with Crippen LogP contribution in [0.15, 0.2) is 42.7 Å². The first kappa shape index (κ1) is 14.1. The van der Waals surface area contributed by atoms with Gasteiger partial charge in [-0.05, 0) is 49.1 Å². The molecule has 2 aromatic rings. The van der Waals surface area contributed by atoms with E-state index in [9.17, 15) is 0 Å². The maximum Gasteiger partial charge on any atom is 0.0659 e. The van der Waals surface area contributed by atoms with Crippen molar-refractivity contribution in [2.24, 2.45) is 11.7 Å². The highest BCUT2D eigenvalue weighted by Crippen LogP contribution is 2.26. The molecule has 0 bridgehead atoms. The lowest BCUT2D eigenvalue weighted by Gasteiger charge is -2.32. The maximum atomic E-state index is 5.90. The molecule has 2 atom stereocenters. The zero-order valence-corrected chi connectivity index (χ0v) is 12.4. The molecule has 1 aliphatic carbocycles. The number of nitrogens with zero attached hydrogens (tertiary/aromatic N) is 2. The molecule has 3 N–H and O–H groups in total. The van der Waals surface area contributed by atoms with Gasteiger partial charge in [-0.3, -0.25) is 4.68 Å². The van der Waals surface area contributed by atoms with Crippen LogP contribution in [0.4, 0.5) is 5.69 Å². The topological polar surface area (TPSA) is 55.9 Å². The van der Waals surface area contributed by atoms with Gasteiger partial charge in [0.05, 0.1) is 6.54 Å². The second-order valence-electron chi connectivity index (χ2n) is 5.93. The van der Waals surface area contributed by atoms with Gasteiger partial charge in [-0.15, -0.1) is 0 Å². The van der Waals surface area contributed by atoms with Crippen molar-refractivity contribution in [2.75, 3.05) is 11.9 Å². The van der Waals surface area contributed by atoms with Crippen molar-refractivity contribution >= 4 is 5.69 Å². The zero-order chi connectivity index (χ0) is 14.5. The lowest BCUT2D eigenvalue weighted by atomic mass is 9.84. The van der Waals surface area contributed by atoms with Crippen molar-refractivity contribution in [1.82, 2.24) is 9.78 Å². The van der Waals surface area contributed by atoms with Crippen molar-refractivity contribution in [1.29, 1.82) is 0 Å². The molecule has 4 nitrogen and oxygen atoms in total. The molecule has 0 saturated heterocycles. The van der Waals surface area contributed by atoms with Crippen LogP contribution in [0.25, 0.3) is 0 Å². The van der Waals surface area contributed by atoms with E-state index in [2.05, 4.69) is 34.7 Å². The summed E-state index contributed by atoms with van der Waals surface area (Å²) in [5.74, 6) is 0.613. The largest absolute Gasteiger partial charge is 0.382 e. The fourth-order valence-electron chi connectivity index (χ4n) is 3.18. The van der Waals surface area contributed by atoms with Gasteiger partial charge in [-0.25, -0.2) is 0 Å². The van der Waals surface area contributed by atoms with Gasteiger partial charge in [-0.1, -0.05) is 25.0 Å². The second-order valence-corrected chi connectivity index (χ2v) is 5.93. The van der Waals surface area contributed by atoms with Gasteiger partial charge < -0.3 is 11.1 Å². The van der Waals surface area contributed by atoms with Crippen LogP contribution >= 0.6 is 0 Å². The lowest BCUT2D eigenvalue weighted by Crippen LogP contribution is -2.36. The van der Waals surface area contributed by atoms with Crippen LogP contribution in [0.1, 0.15) is 31.2 Å². The minimum Gasteiger partial charge on any atom is -0.382 e. The number of anilines is 1. The van der Waals surface area contributed by atoms with Crippen molar-refractivity contribution in [3.05, 3.63) is 48.3 Å². The first-order valence-corrected chi connectivity index (χ1v) is 7.88. The number of benzene rings is 1. The average molecular weight is 284 g/mol. The average Bonchev–Trinajstić information content (AvgIpc) is 3.03. The van der Waals surface area contributed by atoms with E-state index in [0.29, 0.717) is 12.0 Å². The second kappa shape index (κ2) is 6.76. The number of hydrogen-bond acceptors (Lipinski definition) is 3. The Bertz CT molecular complexity index is 532. The molecule has 0 spiro atoms. The smallest absolute Gasteiger partial charge is 0.0659 e. The van der Waals surface area contributed by atoms with Gasteiger partial charge in [0.2, 0.25) is 0 Å². The number of aromatic nitrogens is 2. The van der Waals surface area contributed by atoms with Gasteiger partial charge in [0.25, 0.3) is 0 Å². The Morgan fingerprint density at radius 2 is 2.00 bits per heavy atom. The number of hydrogen-bond donors (Lipinski definition) is 2. The molecule has 1 aromatic carbocycles. The Hall–Kier alpha value is -1.81. The van der Waals surface area contributed by atoms with E-state index in [-0.39, 0.29) is 0 Å². The van der Waals surface area contributed by atoms with E-state index in [0.717, 1.165) is 13.1 Å². The van der Waals surface area contributed by atoms with Crippen molar-refractivity contribution in [3.63, 3.8) is 0 Å².